The van der Waals surface area contributed by atoms with E-state index in [0.717, 1.165) is 38.5 Å². The van der Waals surface area contributed by atoms with E-state index in [1.54, 1.807) is 0 Å². The van der Waals surface area contributed by atoms with Gasteiger partial charge in [-0.2, -0.15) is 0 Å². The van der Waals surface area contributed by atoms with Crippen molar-refractivity contribution in [2.24, 2.45) is 40.9 Å². The van der Waals surface area contributed by atoms with E-state index in [1.807, 2.05) is 6.08 Å². The van der Waals surface area contributed by atoms with Gasteiger partial charge in [0.05, 0.1) is 0 Å². The summed E-state index contributed by atoms with van der Waals surface area (Å²) in [6, 6.07) is 0. The molecule has 154 valence electrons. The molecule has 0 aromatic heterocycles. The van der Waals surface area contributed by atoms with Gasteiger partial charge in [-0.15, -0.1) is 0 Å². The molecule has 28 heavy (non-hydrogen) atoms. The maximum Gasteiger partial charge on any atom is 0.303 e. The maximum atomic E-state index is 12.9. The van der Waals surface area contributed by atoms with Crippen LogP contribution in [0.5, 0.6) is 0 Å². The molecule has 3 saturated carbocycles. The summed E-state index contributed by atoms with van der Waals surface area (Å²) in [5.41, 5.74) is 1.50. The number of rotatable bonds is 4. The Morgan fingerprint density at radius 2 is 1.96 bits per heavy atom. The Morgan fingerprint density at radius 1 is 1.18 bits per heavy atom. The predicted octanol–water partition coefficient (Wildman–Crippen LogP) is 4.51. The van der Waals surface area contributed by atoms with Gasteiger partial charge < -0.3 is 4.74 Å². The number of allylic oxidation sites excluding steroid dienone is 1. The normalized spacial score (nSPS) is 42.1. The molecule has 0 aromatic carbocycles. The SMILES string of the molecule is CC[C@]12CC[C@H]3[C@@H](CCC4=CC(=O)[C@H](C)C[C@@H]43)[C@@H]1CC[C@@H]2C(=O)COC(C)=O. The molecule has 4 heteroatoms. The van der Waals surface area contributed by atoms with Crippen molar-refractivity contribution in [3.8, 4) is 0 Å². The summed E-state index contributed by atoms with van der Waals surface area (Å²) in [5, 5.41) is 0. The van der Waals surface area contributed by atoms with Crippen molar-refractivity contribution in [1.82, 2.24) is 0 Å². The van der Waals surface area contributed by atoms with Crippen molar-refractivity contribution in [2.45, 2.75) is 72.1 Å². The molecule has 4 aliphatic rings. The molecule has 4 nitrogen and oxygen atoms in total. The highest BCUT2D eigenvalue weighted by Crippen LogP contribution is 2.65. The van der Waals surface area contributed by atoms with E-state index >= 15 is 0 Å². The minimum Gasteiger partial charge on any atom is -0.458 e. The van der Waals surface area contributed by atoms with E-state index in [0.29, 0.717) is 29.5 Å². The molecule has 0 aliphatic heterocycles. The summed E-state index contributed by atoms with van der Waals surface area (Å²) in [4.78, 5) is 36.2. The highest BCUT2D eigenvalue weighted by Gasteiger charge is 2.59. The number of esters is 1. The second-order valence-electron chi connectivity index (χ2n) is 9.84. The zero-order valence-corrected chi connectivity index (χ0v) is 17.5. The van der Waals surface area contributed by atoms with Crippen LogP contribution in [0.1, 0.15) is 72.1 Å². The first-order valence-corrected chi connectivity index (χ1v) is 11.3. The van der Waals surface area contributed by atoms with Crippen molar-refractivity contribution in [1.29, 1.82) is 0 Å². The quantitative estimate of drug-likeness (QED) is 0.667. The average Bonchev–Trinajstić information content (AvgIpc) is 3.07. The van der Waals surface area contributed by atoms with E-state index in [2.05, 4.69) is 13.8 Å². The third-order valence-electron chi connectivity index (χ3n) is 8.85. The first kappa shape index (κ1) is 19.8. The van der Waals surface area contributed by atoms with E-state index in [1.165, 1.54) is 25.3 Å². The number of ether oxygens (including phenoxy) is 1. The Morgan fingerprint density at radius 3 is 2.68 bits per heavy atom. The number of hydrogen-bond donors (Lipinski definition) is 0. The Labute approximate surface area is 168 Å². The van der Waals surface area contributed by atoms with Crippen LogP contribution in [0.4, 0.5) is 0 Å². The first-order chi connectivity index (χ1) is 13.4. The summed E-state index contributed by atoms with van der Waals surface area (Å²) in [6.07, 6.45) is 10.6. The van der Waals surface area contributed by atoms with E-state index in [4.69, 9.17) is 4.74 Å². The number of ketones is 2. The third kappa shape index (κ3) is 3.07. The molecule has 0 heterocycles. The molecule has 0 spiro atoms. The van der Waals surface area contributed by atoms with Gasteiger partial charge in [-0.25, -0.2) is 0 Å². The summed E-state index contributed by atoms with van der Waals surface area (Å²) in [6.45, 7) is 5.64. The lowest BCUT2D eigenvalue weighted by atomic mass is 9.49. The van der Waals surface area contributed by atoms with Gasteiger partial charge in [0.15, 0.2) is 11.6 Å². The minimum absolute atomic E-state index is 0.0478. The van der Waals surface area contributed by atoms with Crippen LogP contribution in [-0.2, 0) is 19.1 Å². The van der Waals surface area contributed by atoms with Gasteiger partial charge in [0.25, 0.3) is 0 Å². The van der Waals surface area contributed by atoms with Crippen LogP contribution in [0, 0.1) is 40.9 Å². The lowest BCUT2D eigenvalue weighted by Crippen LogP contribution is -2.49. The summed E-state index contributed by atoms with van der Waals surface area (Å²) in [7, 11) is 0. The Bertz CT molecular complexity index is 707. The zero-order chi connectivity index (χ0) is 20.1. The highest BCUT2D eigenvalue weighted by molar-refractivity contribution is 5.93. The van der Waals surface area contributed by atoms with Crippen LogP contribution in [0.3, 0.4) is 0 Å². The van der Waals surface area contributed by atoms with Crippen LogP contribution in [0.15, 0.2) is 11.6 Å². The molecule has 0 aromatic rings. The molecule has 0 bridgehead atoms. The van der Waals surface area contributed by atoms with Gasteiger partial charge in [0.2, 0.25) is 0 Å². The standard InChI is InChI=1S/C24H34O4/c1-4-24-10-9-17-18(6-5-16-12-22(26)14(2)11-19(16)17)20(24)7-8-21(24)23(27)13-28-15(3)25/h12,14,17-21H,4-11,13H2,1-3H3/t14-,17+,18-,19+,20+,21-,24+/m1/s1. The molecule has 7 atom stereocenters. The minimum atomic E-state index is -0.371. The van der Waals surface area contributed by atoms with Crippen LogP contribution < -0.4 is 0 Å². The third-order valence-corrected chi connectivity index (χ3v) is 8.85. The highest BCUT2D eigenvalue weighted by atomic mass is 16.5. The number of fused-ring (bicyclic) bond motifs is 5. The van der Waals surface area contributed by atoms with Crippen molar-refractivity contribution in [3.63, 3.8) is 0 Å². The van der Waals surface area contributed by atoms with Gasteiger partial charge in [-0.3, -0.25) is 14.4 Å². The van der Waals surface area contributed by atoms with Crippen LogP contribution >= 0.6 is 0 Å². The van der Waals surface area contributed by atoms with Gasteiger partial charge in [-0.1, -0.05) is 19.4 Å². The molecule has 0 radical (unpaired) electrons. The molecular weight excluding hydrogens is 352 g/mol. The number of carbonyl (C=O) groups is 3. The van der Waals surface area contributed by atoms with Crippen molar-refractivity contribution in [3.05, 3.63) is 11.6 Å². The first-order valence-electron chi connectivity index (χ1n) is 11.3. The predicted molar refractivity (Wildman–Crippen MR) is 106 cm³/mol. The fourth-order valence-corrected chi connectivity index (χ4v) is 7.60. The van der Waals surface area contributed by atoms with Gasteiger partial charge in [0.1, 0.15) is 6.61 Å². The Hall–Kier alpha value is -1.45. The second kappa shape index (κ2) is 7.42. The molecule has 0 unspecified atom stereocenters. The van der Waals surface area contributed by atoms with E-state index in [9.17, 15) is 14.4 Å². The van der Waals surface area contributed by atoms with E-state index < -0.39 is 0 Å². The molecule has 0 saturated heterocycles. The van der Waals surface area contributed by atoms with E-state index in [-0.39, 0.29) is 35.6 Å². The van der Waals surface area contributed by atoms with Gasteiger partial charge in [0, 0.05) is 18.8 Å². The zero-order valence-electron chi connectivity index (χ0n) is 17.5. The molecule has 0 amide bonds. The average molecular weight is 387 g/mol. The largest absolute Gasteiger partial charge is 0.458 e. The van der Waals surface area contributed by atoms with Crippen LogP contribution in [0.25, 0.3) is 0 Å². The van der Waals surface area contributed by atoms with Crippen molar-refractivity contribution < 1.29 is 19.1 Å². The fourth-order valence-electron chi connectivity index (χ4n) is 7.60. The summed E-state index contributed by atoms with van der Waals surface area (Å²) >= 11 is 0. The lowest BCUT2D eigenvalue weighted by molar-refractivity contribution is -0.149. The fraction of sp³-hybridized carbons (Fsp3) is 0.792. The lowest BCUT2D eigenvalue weighted by Gasteiger charge is -2.55. The monoisotopic (exact) mass is 386 g/mol. The Balaban J connectivity index is 1.56. The second-order valence-corrected chi connectivity index (χ2v) is 9.84. The molecule has 3 fully saturated rings. The smallest absolute Gasteiger partial charge is 0.303 e. The Kier molecular flexibility index (Phi) is 5.26. The van der Waals surface area contributed by atoms with Crippen molar-refractivity contribution >= 4 is 17.5 Å². The number of hydrogen-bond acceptors (Lipinski definition) is 4. The van der Waals surface area contributed by atoms with Gasteiger partial charge >= 0.3 is 5.97 Å². The van der Waals surface area contributed by atoms with Gasteiger partial charge in [-0.05, 0) is 86.5 Å². The molecular formula is C24H34O4. The number of carbonyl (C=O) groups excluding carboxylic acids is 3. The summed E-state index contributed by atoms with van der Waals surface area (Å²) in [5.74, 6) is 2.84. The summed E-state index contributed by atoms with van der Waals surface area (Å²) < 4.78 is 5.06. The maximum absolute atomic E-state index is 12.9. The topological polar surface area (TPSA) is 60.4 Å². The van der Waals surface area contributed by atoms with Crippen molar-refractivity contribution in [2.75, 3.05) is 6.61 Å². The van der Waals surface area contributed by atoms with Crippen LogP contribution in [0.2, 0.25) is 0 Å². The number of Topliss-reactive ketones (excluding diaryl/α,β-unsaturated/α-hetero) is 1. The molecule has 0 N–H and O–H groups in total. The molecule has 4 aliphatic carbocycles. The van der Waals surface area contributed by atoms with Crippen LogP contribution in [-0.4, -0.2) is 24.1 Å². The molecule has 4 rings (SSSR count).